The van der Waals surface area contributed by atoms with Gasteiger partial charge in [0.2, 0.25) is 0 Å². The van der Waals surface area contributed by atoms with Crippen molar-refractivity contribution in [3.63, 3.8) is 0 Å². The SMILES string of the molecule is N=Cn1occ2cncc1-2. The summed E-state index contributed by atoms with van der Waals surface area (Å²) in [6.45, 7) is 0. The van der Waals surface area contributed by atoms with Crippen molar-refractivity contribution >= 4 is 6.34 Å². The van der Waals surface area contributed by atoms with Gasteiger partial charge in [0.15, 0.2) is 0 Å². The fourth-order valence-electron chi connectivity index (χ4n) is 0.874. The maximum absolute atomic E-state index is 6.90. The first-order valence-corrected chi connectivity index (χ1v) is 2.82. The van der Waals surface area contributed by atoms with Gasteiger partial charge in [-0.25, -0.2) is 0 Å². The van der Waals surface area contributed by atoms with Crippen LogP contribution in [0, 0.1) is 5.41 Å². The molecule has 2 rings (SSSR count). The zero-order valence-electron chi connectivity index (χ0n) is 5.11. The van der Waals surface area contributed by atoms with E-state index in [9.17, 15) is 0 Å². The molecule has 2 aliphatic heterocycles. The first-order chi connectivity index (χ1) is 4.92. The molecule has 0 aromatic heterocycles. The minimum Gasteiger partial charge on any atom is -0.381 e. The highest BCUT2D eigenvalue weighted by molar-refractivity contribution is 5.67. The van der Waals surface area contributed by atoms with Gasteiger partial charge in [0, 0.05) is 6.20 Å². The molecule has 10 heavy (non-hydrogen) atoms. The zero-order valence-corrected chi connectivity index (χ0v) is 5.11. The number of nitrogens with one attached hydrogen (secondary N) is 1. The maximum Gasteiger partial charge on any atom is 0.131 e. The number of nitrogens with zero attached hydrogens (tertiary/aromatic N) is 2. The third kappa shape index (κ3) is 0.500. The van der Waals surface area contributed by atoms with Crippen LogP contribution < -0.4 is 0 Å². The van der Waals surface area contributed by atoms with Crippen LogP contribution in [-0.2, 0) is 0 Å². The Hall–Kier alpha value is -1.58. The molecule has 0 aromatic carbocycles. The van der Waals surface area contributed by atoms with E-state index in [2.05, 4.69) is 4.98 Å². The van der Waals surface area contributed by atoms with Gasteiger partial charge in [-0.3, -0.25) is 10.4 Å². The summed E-state index contributed by atoms with van der Waals surface area (Å²) in [7, 11) is 0. The lowest BCUT2D eigenvalue weighted by atomic mass is 10.3. The summed E-state index contributed by atoms with van der Waals surface area (Å²) in [6.07, 6.45) is 6.01. The lowest BCUT2D eigenvalue weighted by Gasteiger charge is -1.88. The monoisotopic (exact) mass is 135 g/mol. The van der Waals surface area contributed by atoms with Gasteiger partial charge in [0.25, 0.3) is 0 Å². The summed E-state index contributed by atoms with van der Waals surface area (Å²) in [4.78, 5) is 3.89. The van der Waals surface area contributed by atoms with Crippen LogP contribution in [-0.4, -0.2) is 16.1 Å². The van der Waals surface area contributed by atoms with E-state index in [0.717, 1.165) is 17.6 Å². The minimum absolute atomic E-state index is 0.829. The average Bonchev–Trinajstić information content (AvgIpc) is 2.44. The van der Waals surface area contributed by atoms with E-state index in [0.29, 0.717) is 0 Å². The second kappa shape index (κ2) is 1.70. The van der Waals surface area contributed by atoms with E-state index < -0.39 is 0 Å². The summed E-state index contributed by atoms with van der Waals surface area (Å²) < 4.78 is 6.29. The molecule has 0 amide bonds. The predicted molar refractivity (Wildman–Crippen MR) is 35.3 cm³/mol. The predicted octanol–water partition coefficient (Wildman–Crippen LogP) is 1.04. The molecule has 0 saturated carbocycles. The van der Waals surface area contributed by atoms with Crippen LogP contribution in [0.3, 0.4) is 0 Å². The minimum atomic E-state index is 0.829. The highest BCUT2D eigenvalue weighted by Gasteiger charge is 2.08. The molecule has 4 heteroatoms. The molecule has 4 nitrogen and oxygen atoms in total. The number of hydrogen-bond donors (Lipinski definition) is 1. The normalized spacial score (nSPS) is 10.4. The van der Waals surface area contributed by atoms with Crippen molar-refractivity contribution < 1.29 is 4.52 Å². The van der Waals surface area contributed by atoms with Crippen molar-refractivity contribution in [3.05, 3.63) is 18.7 Å². The van der Waals surface area contributed by atoms with E-state index in [4.69, 9.17) is 9.93 Å². The maximum atomic E-state index is 6.90. The molecular weight excluding hydrogens is 130 g/mol. The molecule has 0 aliphatic carbocycles. The van der Waals surface area contributed by atoms with Crippen LogP contribution >= 0.6 is 0 Å². The molecule has 1 N–H and O–H groups in total. The lowest BCUT2D eigenvalue weighted by Crippen LogP contribution is -1.90. The van der Waals surface area contributed by atoms with Crippen molar-refractivity contribution in [3.8, 4) is 11.3 Å². The van der Waals surface area contributed by atoms with Gasteiger partial charge < -0.3 is 4.52 Å². The molecule has 0 unspecified atom stereocenters. The first kappa shape index (κ1) is 5.22. The van der Waals surface area contributed by atoms with E-state index in [1.807, 2.05) is 0 Å². The molecule has 0 fully saturated rings. The lowest BCUT2D eigenvalue weighted by molar-refractivity contribution is 0.374. The van der Waals surface area contributed by atoms with Crippen LogP contribution in [0.4, 0.5) is 0 Å². The van der Waals surface area contributed by atoms with Gasteiger partial charge >= 0.3 is 0 Å². The molecule has 0 saturated heterocycles. The van der Waals surface area contributed by atoms with E-state index >= 15 is 0 Å². The Balaban J connectivity index is 2.71. The van der Waals surface area contributed by atoms with Crippen molar-refractivity contribution in [2.75, 3.05) is 0 Å². The van der Waals surface area contributed by atoms with Crippen molar-refractivity contribution in [1.82, 2.24) is 9.72 Å². The molecule has 0 bridgehead atoms. The molecule has 0 spiro atoms. The fourth-order valence-corrected chi connectivity index (χ4v) is 0.874. The van der Waals surface area contributed by atoms with Gasteiger partial charge in [-0.05, 0) is 0 Å². The number of fused-ring (bicyclic) bond motifs is 1. The smallest absolute Gasteiger partial charge is 0.131 e. The van der Waals surface area contributed by atoms with E-state index in [1.54, 1.807) is 18.7 Å². The summed E-state index contributed by atoms with van der Waals surface area (Å²) in [5.74, 6) is 0. The van der Waals surface area contributed by atoms with Crippen LogP contribution in [0.25, 0.3) is 11.3 Å². The standard InChI is InChI=1S/C6H5N3O/c7-4-9-6-2-8-1-5(6)3-10-9/h1-4,7H. The molecule has 50 valence electrons. The number of rotatable bonds is 1. The second-order valence-electron chi connectivity index (χ2n) is 1.93. The molecule has 0 atom stereocenters. The van der Waals surface area contributed by atoms with Crippen LogP contribution in [0.15, 0.2) is 23.2 Å². The number of aromatic nitrogens is 2. The third-order valence-corrected chi connectivity index (χ3v) is 1.35. The summed E-state index contributed by atoms with van der Waals surface area (Å²) in [5.41, 5.74) is 1.75. The van der Waals surface area contributed by atoms with Crippen LogP contribution in [0.5, 0.6) is 0 Å². The Morgan fingerprint density at radius 1 is 1.60 bits per heavy atom. The second-order valence-corrected chi connectivity index (χ2v) is 1.93. The van der Waals surface area contributed by atoms with Crippen molar-refractivity contribution in [1.29, 1.82) is 5.41 Å². The largest absolute Gasteiger partial charge is 0.381 e. The van der Waals surface area contributed by atoms with Crippen molar-refractivity contribution in [2.45, 2.75) is 0 Å². The topological polar surface area (TPSA) is 54.8 Å². The Labute approximate surface area is 56.9 Å². The fraction of sp³-hybridized carbons (Fsp3) is 0. The summed E-state index contributed by atoms with van der Waals surface area (Å²) in [6, 6.07) is 0. The quantitative estimate of drug-likeness (QED) is 0.469. The summed E-state index contributed by atoms with van der Waals surface area (Å²) in [5, 5.41) is 6.90. The van der Waals surface area contributed by atoms with Gasteiger partial charge in [-0.15, -0.1) is 0 Å². The highest BCUT2D eigenvalue weighted by Crippen LogP contribution is 2.20. The Morgan fingerprint density at radius 3 is 3.30 bits per heavy atom. The van der Waals surface area contributed by atoms with Gasteiger partial charge in [0.1, 0.15) is 18.3 Å². The molecule has 2 heterocycles. The Bertz CT molecular complexity index is 322. The molecule has 0 aromatic rings. The Morgan fingerprint density at radius 2 is 2.50 bits per heavy atom. The average molecular weight is 135 g/mol. The van der Waals surface area contributed by atoms with E-state index in [-0.39, 0.29) is 0 Å². The van der Waals surface area contributed by atoms with Crippen molar-refractivity contribution in [2.24, 2.45) is 0 Å². The zero-order chi connectivity index (χ0) is 6.97. The van der Waals surface area contributed by atoms with Crippen LogP contribution in [0.2, 0.25) is 0 Å². The number of hydrogen-bond acceptors (Lipinski definition) is 3. The van der Waals surface area contributed by atoms with Gasteiger partial charge in [-0.1, -0.05) is 0 Å². The van der Waals surface area contributed by atoms with Crippen LogP contribution in [0.1, 0.15) is 0 Å². The Kier molecular flexibility index (Phi) is 0.887. The molecule has 0 radical (unpaired) electrons. The van der Waals surface area contributed by atoms with Gasteiger partial charge in [-0.2, -0.15) is 4.74 Å². The first-order valence-electron chi connectivity index (χ1n) is 2.82. The highest BCUT2D eigenvalue weighted by atomic mass is 16.5. The molecular formula is C6H5N3O. The van der Waals surface area contributed by atoms with E-state index in [1.165, 1.54) is 4.74 Å². The molecule has 2 aliphatic rings. The summed E-state index contributed by atoms with van der Waals surface area (Å²) >= 11 is 0. The van der Waals surface area contributed by atoms with Gasteiger partial charge in [0.05, 0.1) is 11.8 Å². The third-order valence-electron chi connectivity index (χ3n) is 1.35.